The summed E-state index contributed by atoms with van der Waals surface area (Å²) in [5.74, 6) is 1.58. The zero-order valence-electron chi connectivity index (χ0n) is 15.6. The number of amidine groups is 1. The van der Waals surface area contributed by atoms with Gasteiger partial charge in [-0.25, -0.2) is 4.99 Å². The molecule has 7 nitrogen and oxygen atoms in total. The van der Waals surface area contributed by atoms with Crippen LogP contribution in [0.5, 0.6) is 0 Å². The van der Waals surface area contributed by atoms with E-state index in [9.17, 15) is 4.79 Å². The van der Waals surface area contributed by atoms with Crippen LogP contribution in [0.15, 0.2) is 28.5 Å². The molecule has 2 unspecified atom stereocenters. The fraction of sp³-hybridized carbons (Fsp3) is 0.684. The molecule has 7 heteroatoms. The van der Waals surface area contributed by atoms with Crippen molar-refractivity contribution in [3.63, 3.8) is 0 Å². The van der Waals surface area contributed by atoms with Gasteiger partial charge in [0, 0.05) is 38.4 Å². The molecule has 0 aromatic heterocycles. The van der Waals surface area contributed by atoms with Crippen LogP contribution in [0.1, 0.15) is 33.1 Å². The minimum Gasteiger partial charge on any atom is -0.370 e. The van der Waals surface area contributed by atoms with Gasteiger partial charge in [-0.3, -0.25) is 9.80 Å². The van der Waals surface area contributed by atoms with Gasteiger partial charge in [0.15, 0.2) is 6.17 Å². The minimum absolute atomic E-state index is 0.0171. The first kappa shape index (κ1) is 16.3. The van der Waals surface area contributed by atoms with Gasteiger partial charge in [0.2, 0.25) is 0 Å². The molecule has 0 bridgehead atoms. The van der Waals surface area contributed by atoms with Gasteiger partial charge in [0.05, 0.1) is 5.70 Å². The number of aliphatic imine (C=N–C) groups is 1. The minimum atomic E-state index is -0.530. The molecule has 1 aliphatic carbocycles. The lowest BCUT2D eigenvalue weighted by Gasteiger charge is -2.54. The van der Waals surface area contributed by atoms with Gasteiger partial charge in [-0.05, 0) is 49.2 Å². The Morgan fingerprint density at radius 2 is 2.19 bits per heavy atom. The number of hydrazine groups is 1. The van der Waals surface area contributed by atoms with Crippen LogP contribution in [-0.4, -0.2) is 60.0 Å². The predicted octanol–water partition coefficient (Wildman–Crippen LogP) is 0.543. The Kier molecular flexibility index (Phi) is 3.66. The molecule has 2 saturated heterocycles. The second-order valence-electron chi connectivity index (χ2n) is 8.79. The number of hydrogen-bond acceptors (Lipinski definition) is 6. The average molecular weight is 356 g/mol. The molecule has 0 radical (unpaired) electrons. The Morgan fingerprint density at radius 1 is 1.38 bits per heavy atom. The molecule has 4 heterocycles. The van der Waals surface area contributed by atoms with E-state index in [4.69, 9.17) is 0 Å². The topological polar surface area (TPSA) is 72.0 Å². The summed E-state index contributed by atoms with van der Waals surface area (Å²) < 4.78 is 0. The second-order valence-corrected chi connectivity index (χ2v) is 8.79. The Hall–Kier alpha value is -1.86. The van der Waals surface area contributed by atoms with Gasteiger partial charge in [-0.1, -0.05) is 6.92 Å². The van der Waals surface area contributed by atoms with Crippen LogP contribution in [0.4, 0.5) is 0 Å². The van der Waals surface area contributed by atoms with Crippen LogP contribution in [0.3, 0.4) is 0 Å². The third-order valence-electron chi connectivity index (χ3n) is 6.46. The molecule has 2 atom stereocenters. The van der Waals surface area contributed by atoms with E-state index in [0.717, 1.165) is 56.3 Å². The Morgan fingerprint density at radius 3 is 2.85 bits per heavy atom. The molecular weight excluding hydrogens is 328 g/mol. The number of hydrogen-bond donors (Lipinski definition) is 3. The summed E-state index contributed by atoms with van der Waals surface area (Å²) in [5, 5.41) is 8.42. The average Bonchev–Trinajstić information content (AvgIpc) is 3.14. The molecular formula is C19H28N6O. The smallest absolute Gasteiger partial charge is 0.261 e. The number of carbonyl (C=O) groups excluding carboxylic acids is 1. The highest BCUT2D eigenvalue weighted by Crippen LogP contribution is 2.44. The molecule has 1 spiro atoms. The maximum atomic E-state index is 12.6. The van der Waals surface area contributed by atoms with Crippen molar-refractivity contribution in [1.82, 2.24) is 26.0 Å². The quantitative estimate of drug-likeness (QED) is 0.689. The monoisotopic (exact) mass is 356 g/mol. The number of carbonyl (C=O) groups is 1. The summed E-state index contributed by atoms with van der Waals surface area (Å²) in [7, 11) is 0. The zero-order chi connectivity index (χ0) is 17.9. The zero-order valence-corrected chi connectivity index (χ0v) is 15.6. The van der Waals surface area contributed by atoms with Crippen LogP contribution >= 0.6 is 0 Å². The van der Waals surface area contributed by atoms with E-state index < -0.39 is 6.17 Å². The van der Waals surface area contributed by atoms with Crippen LogP contribution in [-0.2, 0) is 4.79 Å². The lowest BCUT2D eigenvalue weighted by Crippen LogP contribution is -2.66. The largest absolute Gasteiger partial charge is 0.370 e. The molecule has 5 aliphatic rings. The normalized spacial score (nSPS) is 32.5. The molecule has 0 aromatic rings. The number of likely N-dealkylation sites (tertiary alicyclic amines) is 1. The number of allylic oxidation sites excluding steroid dienone is 1. The van der Waals surface area contributed by atoms with E-state index in [2.05, 4.69) is 52.1 Å². The van der Waals surface area contributed by atoms with Crippen molar-refractivity contribution >= 4 is 11.7 Å². The maximum absolute atomic E-state index is 12.6. The predicted molar refractivity (Wildman–Crippen MR) is 99.9 cm³/mol. The van der Waals surface area contributed by atoms with Gasteiger partial charge in [0.25, 0.3) is 5.91 Å². The number of amides is 1. The fourth-order valence-corrected chi connectivity index (χ4v) is 4.85. The number of rotatable bonds is 3. The third kappa shape index (κ3) is 2.65. The van der Waals surface area contributed by atoms with Crippen LogP contribution in [0.2, 0.25) is 0 Å². The molecule has 5 rings (SSSR count). The first-order valence-corrected chi connectivity index (χ1v) is 9.81. The van der Waals surface area contributed by atoms with E-state index in [1.807, 2.05) is 5.01 Å². The lowest BCUT2D eigenvalue weighted by molar-refractivity contribution is -0.126. The molecule has 1 saturated carbocycles. The first-order chi connectivity index (χ1) is 12.5. The molecule has 1 amide bonds. The van der Waals surface area contributed by atoms with Gasteiger partial charge in [0.1, 0.15) is 5.84 Å². The van der Waals surface area contributed by atoms with Crippen molar-refractivity contribution in [1.29, 1.82) is 0 Å². The Labute approximate surface area is 154 Å². The highest BCUT2D eigenvalue weighted by molar-refractivity contribution is 6.03. The third-order valence-corrected chi connectivity index (χ3v) is 6.46. The van der Waals surface area contributed by atoms with E-state index in [0.29, 0.717) is 11.5 Å². The molecule has 3 N–H and O–H groups in total. The van der Waals surface area contributed by atoms with E-state index >= 15 is 0 Å². The molecule has 4 aliphatic heterocycles. The summed E-state index contributed by atoms with van der Waals surface area (Å²) in [5.41, 5.74) is 6.03. The van der Waals surface area contributed by atoms with Gasteiger partial charge in [-0.2, -0.15) is 5.43 Å². The van der Waals surface area contributed by atoms with Crippen molar-refractivity contribution in [2.45, 2.75) is 45.3 Å². The van der Waals surface area contributed by atoms with Crippen molar-refractivity contribution in [3.8, 4) is 0 Å². The Balaban J connectivity index is 1.22. The highest BCUT2D eigenvalue weighted by atomic mass is 16.2. The fourth-order valence-electron chi connectivity index (χ4n) is 4.85. The Bertz CT molecular complexity index is 714. The molecule has 140 valence electrons. The number of nitrogens with one attached hydrogen (secondary N) is 3. The number of nitrogens with zero attached hydrogens (tertiary/aromatic N) is 3. The molecule has 3 fully saturated rings. The molecule has 0 aromatic carbocycles. The molecule has 26 heavy (non-hydrogen) atoms. The van der Waals surface area contributed by atoms with Crippen molar-refractivity contribution < 1.29 is 4.79 Å². The maximum Gasteiger partial charge on any atom is 0.261 e. The summed E-state index contributed by atoms with van der Waals surface area (Å²) in [6.07, 6.45) is 7.16. The summed E-state index contributed by atoms with van der Waals surface area (Å²) >= 11 is 0. The second kappa shape index (κ2) is 5.82. The van der Waals surface area contributed by atoms with E-state index in [-0.39, 0.29) is 5.91 Å². The lowest BCUT2D eigenvalue weighted by atomic mass is 9.61. The standard InChI is InChI=1S/C19H28N6O/c1-12-3-4-24(8-12)15-5-13(2)17-22-16(23-25(17)9-15)18(26)21-14-6-19(7-14)10-20-11-19/h5,9,12,14,16,20,23H,3-4,6-8,10-11H2,1-2H3,(H,21,26). The van der Waals surface area contributed by atoms with Crippen molar-refractivity contribution in [2.24, 2.45) is 16.3 Å². The summed E-state index contributed by atoms with van der Waals surface area (Å²) in [4.78, 5) is 19.7. The van der Waals surface area contributed by atoms with Gasteiger partial charge >= 0.3 is 0 Å². The SMILES string of the molecule is CC1=CC(N2CCC(C)C2)=CN2NC(C(=O)NC3CC4(CNC4)C3)N=C12. The van der Waals surface area contributed by atoms with Crippen molar-refractivity contribution in [2.75, 3.05) is 26.2 Å². The van der Waals surface area contributed by atoms with Crippen LogP contribution in [0, 0.1) is 11.3 Å². The van der Waals surface area contributed by atoms with Gasteiger partial charge in [-0.15, -0.1) is 0 Å². The first-order valence-electron chi connectivity index (χ1n) is 9.81. The summed E-state index contributed by atoms with van der Waals surface area (Å²) in [6, 6.07) is 0.304. The van der Waals surface area contributed by atoms with E-state index in [1.165, 1.54) is 12.1 Å². The van der Waals surface area contributed by atoms with Gasteiger partial charge < -0.3 is 15.5 Å². The summed E-state index contributed by atoms with van der Waals surface area (Å²) in [6.45, 7) is 8.76. The van der Waals surface area contributed by atoms with E-state index in [1.54, 1.807) is 0 Å². The van der Waals surface area contributed by atoms with Crippen LogP contribution < -0.4 is 16.1 Å². The number of fused-ring (bicyclic) bond motifs is 1. The van der Waals surface area contributed by atoms with Crippen LogP contribution in [0.25, 0.3) is 0 Å². The van der Waals surface area contributed by atoms with Crippen molar-refractivity contribution in [3.05, 3.63) is 23.5 Å². The highest BCUT2D eigenvalue weighted by Gasteiger charge is 2.49.